The van der Waals surface area contributed by atoms with Gasteiger partial charge in [0.15, 0.2) is 0 Å². The molecule has 0 bridgehead atoms. The molecule has 6 heteroatoms. The van der Waals surface area contributed by atoms with Crippen LogP contribution in [0.2, 0.25) is 0 Å². The van der Waals surface area contributed by atoms with Gasteiger partial charge in [0, 0.05) is 31.3 Å². The number of amides is 2. The number of hydrogen-bond acceptors (Lipinski definition) is 4. The molecule has 5 nitrogen and oxygen atoms in total. The third-order valence-electron chi connectivity index (χ3n) is 2.92. The molecule has 1 heterocycles. The van der Waals surface area contributed by atoms with Gasteiger partial charge in [-0.1, -0.05) is 13.8 Å². The molecule has 1 fully saturated rings. The molecule has 0 saturated carbocycles. The highest BCUT2D eigenvalue weighted by Crippen LogP contribution is 2.22. The molecule has 1 atom stereocenters. The summed E-state index contributed by atoms with van der Waals surface area (Å²) in [5.41, 5.74) is -0.706. The largest absolute Gasteiger partial charge is 0.444 e. The number of likely N-dealkylation sites (tertiary alicyclic amines) is 1. The number of carbonyl (C=O) groups excluding carboxylic acids is 2. The molecule has 1 N–H and O–H groups in total. The third-order valence-corrected chi connectivity index (χ3v) is 3.27. The van der Waals surface area contributed by atoms with Gasteiger partial charge >= 0.3 is 6.09 Å². The van der Waals surface area contributed by atoms with Crippen LogP contribution in [0.3, 0.4) is 0 Å². The Balaban J connectivity index is 2.42. The summed E-state index contributed by atoms with van der Waals surface area (Å²) < 4.78 is 5.20. The van der Waals surface area contributed by atoms with Crippen LogP contribution in [0, 0.1) is 5.41 Å². The van der Waals surface area contributed by atoms with E-state index < -0.39 is 11.7 Å². The van der Waals surface area contributed by atoms with E-state index in [1.54, 1.807) is 0 Å². The van der Waals surface area contributed by atoms with E-state index in [2.05, 4.69) is 17.9 Å². The van der Waals surface area contributed by atoms with Crippen LogP contribution in [0.25, 0.3) is 0 Å². The van der Waals surface area contributed by atoms with Crippen molar-refractivity contribution in [3.8, 4) is 0 Å². The minimum absolute atomic E-state index is 0.122. The molecule has 0 spiro atoms. The zero-order chi connectivity index (χ0) is 15.6. The maximum atomic E-state index is 11.8. The van der Waals surface area contributed by atoms with Gasteiger partial charge in [-0.3, -0.25) is 4.79 Å². The normalized spacial score (nSPS) is 20.2. The highest BCUT2D eigenvalue weighted by molar-refractivity contribution is 7.81. The fourth-order valence-corrected chi connectivity index (χ4v) is 2.46. The predicted octanol–water partition coefficient (Wildman–Crippen LogP) is 2.07. The molecular formula is C14H26N2O3S. The van der Waals surface area contributed by atoms with E-state index in [1.807, 2.05) is 39.5 Å². The lowest BCUT2D eigenvalue weighted by molar-refractivity contribution is -0.128. The van der Waals surface area contributed by atoms with Gasteiger partial charge in [-0.2, -0.15) is 12.6 Å². The minimum Gasteiger partial charge on any atom is -0.444 e. The number of nitrogens with zero attached hydrogens (tertiary/aromatic N) is 1. The van der Waals surface area contributed by atoms with E-state index in [4.69, 9.17) is 4.74 Å². The van der Waals surface area contributed by atoms with Crippen molar-refractivity contribution in [1.29, 1.82) is 0 Å². The second-order valence-electron chi connectivity index (χ2n) is 7.15. The van der Waals surface area contributed by atoms with Gasteiger partial charge in [0.25, 0.3) is 0 Å². The van der Waals surface area contributed by atoms with Crippen molar-refractivity contribution in [2.24, 2.45) is 5.41 Å². The lowest BCUT2D eigenvalue weighted by Gasteiger charge is -2.31. The van der Waals surface area contributed by atoms with Gasteiger partial charge in [-0.05, 0) is 26.2 Å². The molecule has 0 aliphatic carbocycles. The molecule has 1 aliphatic heterocycles. The summed E-state index contributed by atoms with van der Waals surface area (Å²) in [5.74, 6) is 0.135. The number of carbonyl (C=O) groups is 2. The van der Waals surface area contributed by atoms with Crippen molar-refractivity contribution in [3.05, 3.63) is 0 Å². The molecule has 1 rings (SSSR count). The van der Waals surface area contributed by atoms with Crippen LogP contribution in [0.1, 0.15) is 41.0 Å². The van der Waals surface area contributed by atoms with Crippen molar-refractivity contribution < 1.29 is 14.3 Å². The summed E-state index contributed by atoms with van der Waals surface area (Å²) in [4.78, 5) is 25.2. The van der Waals surface area contributed by atoms with E-state index >= 15 is 0 Å². The number of ether oxygens (including phenoxy) is 1. The molecule has 1 saturated heterocycles. The highest BCUT2D eigenvalue weighted by Gasteiger charge is 2.32. The second kappa shape index (κ2) is 6.24. The Morgan fingerprint density at radius 2 is 2.00 bits per heavy atom. The number of rotatable bonds is 4. The van der Waals surface area contributed by atoms with E-state index in [9.17, 15) is 9.59 Å². The van der Waals surface area contributed by atoms with Crippen LogP contribution in [-0.4, -0.2) is 47.4 Å². The van der Waals surface area contributed by atoms with Gasteiger partial charge in [0.05, 0.1) is 0 Å². The van der Waals surface area contributed by atoms with Crippen molar-refractivity contribution in [2.45, 2.75) is 51.9 Å². The number of nitrogens with one attached hydrogen (secondary N) is 1. The summed E-state index contributed by atoms with van der Waals surface area (Å²) in [6, 6.07) is 0. The van der Waals surface area contributed by atoms with Crippen molar-refractivity contribution in [1.82, 2.24) is 10.2 Å². The van der Waals surface area contributed by atoms with Gasteiger partial charge in [0.1, 0.15) is 5.60 Å². The Morgan fingerprint density at radius 1 is 1.40 bits per heavy atom. The fourth-order valence-electron chi connectivity index (χ4n) is 2.10. The van der Waals surface area contributed by atoms with Crippen LogP contribution >= 0.6 is 12.6 Å². The average Bonchev–Trinajstić information content (AvgIpc) is 2.51. The van der Waals surface area contributed by atoms with E-state index in [1.165, 1.54) is 0 Å². The van der Waals surface area contributed by atoms with Crippen molar-refractivity contribution >= 4 is 24.6 Å². The molecule has 0 aromatic rings. The zero-order valence-electron chi connectivity index (χ0n) is 13.0. The lowest BCUT2D eigenvalue weighted by Crippen LogP contribution is -2.44. The number of hydrogen-bond donors (Lipinski definition) is 2. The van der Waals surface area contributed by atoms with Crippen LogP contribution in [0.4, 0.5) is 4.79 Å². The van der Waals surface area contributed by atoms with Crippen LogP contribution in [-0.2, 0) is 9.53 Å². The Morgan fingerprint density at radius 3 is 2.45 bits per heavy atom. The van der Waals surface area contributed by atoms with E-state index in [-0.39, 0.29) is 16.6 Å². The SMILES string of the molecule is CC(C)(CNC(=O)OC(C)(C)C)CN1CC(S)CC1=O. The molecule has 1 unspecified atom stereocenters. The van der Waals surface area contributed by atoms with Gasteiger partial charge in [-0.15, -0.1) is 0 Å². The number of thiol groups is 1. The Kier molecular flexibility index (Phi) is 5.35. The van der Waals surface area contributed by atoms with Crippen LogP contribution in [0.5, 0.6) is 0 Å². The van der Waals surface area contributed by atoms with Crippen LogP contribution in [0.15, 0.2) is 0 Å². The third kappa shape index (κ3) is 6.03. The first-order valence-corrected chi connectivity index (χ1v) is 7.43. The maximum Gasteiger partial charge on any atom is 0.407 e. The minimum atomic E-state index is -0.502. The first kappa shape index (κ1) is 17.1. The molecule has 116 valence electrons. The average molecular weight is 302 g/mol. The van der Waals surface area contributed by atoms with E-state index in [0.717, 1.165) is 0 Å². The van der Waals surface area contributed by atoms with Crippen molar-refractivity contribution in [3.63, 3.8) is 0 Å². The summed E-state index contributed by atoms with van der Waals surface area (Å²) in [6.07, 6.45) is 0.0731. The van der Waals surface area contributed by atoms with E-state index in [0.29, 0.717) is 26.1 Å². The fraction of sp³-hybridized carbons (Fsp3) is 0.857. The molecule has 1 aliphatic rings. The summed E-state index contributed by atoms with van der Waals surface area (Å²) in [5, 5.41) is 2.88. The maximum absolute atomic E-state index is 11.8. The number of alkyl carbamates (subject to hydrolysis) is 1. The topological polar surface area (TPSA) is 58.6 Å². The van der Waals surface area contributed by atoms with Crippen molar-refractivity contribution in [2.75, 3.05) is 19.6 Å². The van der Waals surface area contributed by atoms with Gasteiger partial charge in [0.2, 0.25) is 5.91 Å². The Labute approximate surface area is 126 Å². The highest BCUT2D eigenvalue weighted by atomic mass is 32.1. The Bertz CT molecular complexity index is 377. The second-order valence-corrected chi connectivity index (χ2v) is 7.88. The quantitative estimate of drug-likeness (QED) is 0.782. The lowest BCUT2D eigenvalue weighted by atomic mass is 9.93. The summed E-state index contributed by atoms with van der Waals surface area (Å²) in [7, 11) is 0. The van der Waals surface area contributed by atoms with Crippen LogP contribution < -0.4 is 5.32 Å². The smallest absolute Gasteiger partial charge is 0.407 e. The predicted molar refractivity (Wildman–Crippen MR) is 82.0 cm³/mol. The molecular weight excluding hydrogens is 276 g/mol. The molecule has 0 aromatic carbocycles. The molecule has 0 aromatic heterocycles. The van der Waals surface area contributed by atoms with Gasteiger partial charge in [-0.25, -0.2) is 4.79 Å². The Hall–Kier alpha value is -0.910. The molecule has 0 radical (unpaired) electrons. The first-order chi connectivity index (χ1) is 8.98. The molecule has 20 heavy (non-hydrogen) atoms. The zero-order valence-corrected chi connectivity index (χ0v) is 13.9. The first-order valence-electron chi connectivity index (χ1n) is 6.91. The monoisotopic (exact) mass is 302 g/mol. The standard InChI is InChI=1S/C14H26N2O3S/c1-13(2,3)19-12(18)15-8-14(4,5)9-16-7-10(20)6-11(16)17/h10,20H,6-9H2,1-5H3,(H,15,18). The van der Waals surface area contributed by atoms with Gasteiger partial charge < -0.3 is 15.0 Å². The summed E-state index contributed by atoms with van der Waals surface area (Å²) >= 11 is 4.34. The molecule has 2 amide bonds. The summed E-state index contributed by atoms with van der Waals surface area (Å²) in [6.45, 7) is 11.3.